The molecule has 0 rings (SSSR count). The Labute approximate surface area is 87.0 Å². The summed E-state index contributed by atoms with van der Waals surface area (Å²) < 4.78 is 4.66. The fraction of sp³-hybridized carbons (Fsp3) is 0.778. The van der Waals surface area contributed by atoms with Crippen LogP contribution in [-0.4, -0.2) is 23.2 Å². The monoisotopic (exact) mass is 250 g/mol. The molecule has 76 valence electrons. The molecule has 0 aliphatic carbocycles. The van der Waals surface area contributed by atoms with Crippen molar-refractivity contribution in [3.05, 3.63) is 0 Å². The maximum atomic E-state index is 11.3. The van der Waals surface area contributed by atoms with E-state index in [4.69, 9.17) is 0 Å². The molecule has 0 fully saturated rings. The average molecular weight is 251 g/mol. The van der Waals surface area contributed by atoms with Crippen LogP contribution in [0.1, 0.15) is 27.2 Å². The number of halogens is 1. The highest BCUT2D eigenvalue weighted by Gasteiger charge is 2.21. The van der Waals surface area contributed by atoms with Gasteiger partial charge in [0, 0.05) is 0 Å². The first-order chi connectivity index (χ1) is 5.99. The molecule has 0 N–H and O–H groups in total. The van der Waals surface area contributed by atoms with Gasteiger partial charge in [0.2, 0.25) is 0 Å². The molecule has 0 spiro atoms. The van der Waals surface area contributed by atoms with Gasteiger partial charge in [-0.1, -0.05) is 29.8 Å². The summed E-state index contributed by atoms with van der Waals surface area (Å²) in [5, 5.41) is 0. The first kappa shape index (κ1) is 12.6. The van der Waals surface area contributed by atoms with E-state index < -0.39 is 5.97 Å². The smallest absolute Gasteiger partial charge is 0.313 e. The van der Waals surface area contributed by atoms with E-state index >= 15 is 0 Å². The van der Waals surface area contributed by atoms with Crippen molar-refractivity contribution in [1.82, 2.24) is 0 Å². The molecule has 3 nitrogen and oxygen atoms in total. The fourth-order valence-corrected chi connectivity index (χ4v) is 0.985. The molecule has 0 bridgehead atoms. The number of rotatable bonds is 5. The van der Waals surface area contributed by atoms with Gasteiger partial charge in [-0.25, -0.2) is 0 Å². The van der Waals surface area contributed by atoms with E-state index in [1.54, 1.807) is 6.92 Å². The third kappa shape index (κ3) is 5.03. The third-order valence-electron chi connectivity index (χ3n) is 1.52. The molecule has 4 heteroatoms. The van der Waals surface area contributed by atoms with Crippen LogP contribution in [0.15, 0.2) is 0 Å². The van der Waals surface area contributed by atoms with Gasteiger partial charge in [-0.15, -0.1) is 0 Å². The summed E-state index contributed by atoms with van der Waals surface area (Å²) in [5.41, 5.74) is 0. The molecule has 0 heterocycles. The van der Waals surface area contributed by atoms with E-state index in [2.05, 4.69) is 20.7 Å². The number of esters is 1. The molecule has 0 aromatic rings. The quantitative estimate of drug-likeness (QED) is 0.426. The summed E-state index contributed by atoms with van der Waals surface area (Å²) in [5.74, 6) is -0.368. The van der Waals surface area contributed by atoms with Crippen LogP contribution in [0, 0.1) is 5.92 Å². The van der Waals surface area contributed by atoms with E-state index in [1.807, 2.05) is 13.8 Å². The van der Waals surface area contributed by atoms with Crippen LogP contribution in [0.25, 0.3) is 0 Å². The zero-order valence-corrected chi connectivity index (χ0v) is 9.76. The molecule has 1 atom stereocenters. The number of alkyl halides is 1. The van der Waals surface area contributed by atoms with Crippen molar-refractivity contribution in [2.45, 2.75) is 32.0 Å². The lowest BCUT2D eigenvalue weighted by atomic mass is 10.1. The highest BCUT2D eigenvalue weighted by molar-refractivity contribution is 9.10. The first-order valence-corrected chi connectivity index (χ1v) is 5.23. The van der Waals surface area contributed by atoms with Crippen molar-refractivity contribution in [2.75, 3.05) is 6.61 Å². The Bertz CT molecular complexity index is 189. The minimum Gasteiger partial charge on any atom is -0.466 e. The van der Waals surface area contributed by atoms with Crippen molar-refractivity contribution in [1.29, 1.82) is 0 Å². The predicted octanol–water partition coefficient (Wildman–Crippen LogP) is 1.93. The summed E-state index contributed by atoms with van der Waals surface area (Å²) in [4.78, 5) is 22.0. The second kappa shape index (κ2) is 6.13. The largest absolute Gasteiger partial charge is 0.466 e. The van der Waals surface area contributed by atoms with Gasteiger partial charge < -0.3 is 4.74 Å². The second-order valence-corrected chi connectivity index (χ2v) is 4.08. The highest BCUT2D eigenvalue weighted by atomic mass is 79.9. The number of carbonyl (C=O) groups is 2. The molecule has 0 aromatic carbocycles. The molecule has 0 amide bonds. The maximum Gasteiger partial charge on any atom is 0.313 e. The molecule has 1 unspecified atom stereocenters. The Hall–Kier alpha value is -0.380. The van der Waals surface area contributed by atoms with Gasteiger partial charge in [-0.05, 0) is 12.8 Å². The lowest BCUT2D eigenvalue weighted by Crippen LogP contribution is -2.23. The predicted molar refractivity (Wildman–Crippen MR) is 53.8 cm³/mol. The van der Waals surface area contributed by atoms with E-state index in [0.717, 1.165) is 0 Å². The fourth-order valence-electron chi connectivity index (χ4n) is 0.824. The summed E-state index contributed by atoms with van der Waals surface area (Å²) in [6, 6.07) is 0. The molecule has 0 saturated heterocycles. The molecule has 0 aliphatic rings. The lowest BCUT2D eigenvalue weighted by Gasteiger charge is -2.11. The normalized spacial score (nSPS) is 12.7. The van der Waals surface area contributed by atoms with Crippen molar-refractivity contribution in [2.24, 2.45) is 5.92 Å². The first-order valence-electron chi connectivity index (χ1n) is 4.31. The van der Waals surface area contributed by atoms with E-state index in [0.29, 0.717) is 6.61 Å². The number of ether oxygens (including phenoxy) is 1. The molecule has 0 radical (unpaired) electrons. The van der Waals surface area contributed by atoms with Crippen LogP contribution in [0.5, 0.6) is 0 Å². The Morgan fingerprint density at radius 3 is 2.31 bits per heavy atom. The van der Waals surface area contributed by atoms with Crippen LogP contribution >= 0.6 is 15.9 Å². The summed E-state index contributed by atoms with van der Waals surface area (Å²) in [6.07, 6.45) is -0.137. The van der Waals surface area contributed by atoms with Crippen molar-refractivity contribution >= 4 is 27.7 Å². The topological polar surface area (TPSA) is 43.4 Å². The number of ketones is 1. The Morgan fingerprint density at radius 2 is 1.92 bits per heavy atom. The average Bonchev–Trinajstić information content (AvgIpc) is 2.03. The van der Waals surface area contributed by atoms with Crippen LogP contribution < -0.4 is 0 Å². The minimum atomic E-state index is -0.447. The molecule has 13 heavy (non-hydrogen) atoms. The van der Waals surface area contributed by atoms with E-state index in [9.17, 15) is 9.59 Å². The second-order valence-electron chi connectivity index (χ2n) is 3.09. The van der Waals surface area contributed by atoms with Crippen molar-refractivity contribution in [3.8, 4) is 0 Å². The van der Waals surface area contributed by atoms with Crippen LogP contribution in [0.4, 0.5) is 0 Å². The van der Waals surface area contributed by atoms with Crippen LogP contribution in [-0.2, 0) is 14.3 Å². The molecular weight excluding hydrogens is 236 g/mol. The Morgan fingerprint density at radius 1 is 1.38 bits per heavy atom. The number of Topliss-reactive ketones (excluding diaryl/α,β-unsaturated/α-hetero) is 1. The van der Waals surface area contributed by atoms with Crippen LogP contribution in [0.2, 0.25) is 0 Å². The van der Waals surface area contributed by atoms with Gasteiger partial charge in [0.15, 0.2) is 5.78 Å². The summed E-state index contributed by atoms with van der Waals surface area (Å²) in [6.45, 7) is 5.88. The van der Waals surface area contributed by atoms with E-state index in [1.165, 1.54) is 0 Å². The van der Waals surface area contributed by atoms with Crippen molar-refractivity contribution < 1.29 is 14.3 Å². The lowest BCUT2D eigenvalue weighted by molar-refractivity contribution is -0.145. The number of hydrogen-bond acceptors (Lipinski definition) is 3. The zero-order chi connectivity index (χ0) is 10.4. The van der Waals surface area contributed by atoms with Gasteiger partial charge in [0.25, 0.3) is 0 Å². The Kier molecular flexibility index (Phi) is 5.95. The standard InChI is InChI=1S/C9H15BrO3/c1-4-13-8(12)5-7(11)9(10)6(2)3/h6,9H,4-5H2,1-3H3. The SMILES string of the molecule is CCOC(=O)CC(=O)C(Br)C(C)C. The van der Waals surface area contributed by atoms with Gasteiger partial charge in [0.05, 0.1) is 11.4 Å². The van der Waals surface area contributed by atoms with Gasteiger partial charge >= 0.3 is 5.97 Å². The molecule has 0 aromatic heterocycles. The van der Waals surface area contributed by atoms with Crippen molar-refractivity contribution in [3.63, 3.8) is 0 Å². The minimum absolute atomic E-state index is 0.117. The van der Waals surface area contributed by atoms with Gasteiger partial charge in [-0.2, -0.15) is 0 Å². The molecular formula is C9H15BrO3. The highest BCUT2D eigenvalue weighted by Crippen LogP contribution is 2.14. The number of hydrogen-bond donors (Lipinski definition) is 0. The van der Waals surface area contributed by atoms with Crippen LogP contribution in [0.3, 0.4) is 0 Å². The van der Waals surface area contributed by atoms with E-state index in [-0.39, 0.29) is 22.9 Å². The Balaban J connectivity index is 3.93. The van der Waals surface area contributed by atoms with Gasteiger partial charge in [0.1, 0.15) is 6.42 Å². The summed E-state index contributed by atoms with van der Waals surface area (Å²) in [7, 11) is 0. The number of carbonyl (C=O) groups excluding carboxylic acids is 2. The maximum absolute atomic E-state index is 11.3. The molecule has 0 aliphatic heterocycles. The zero-order valence-electron chi connectivity index (χ0n) is 8.17. The third-order valence-corrected chi connectivity index (χ3v) is 3.08. The van der Waals surface area contributed by atoms with Gasteiger partial charge in [-0.3, -0.25) is 9.59 Å². The summed E-state index contributed by atoms with van der Waals surface area (Å²) >= 11 is 3.23. The molecule has 0 saturated carbocycles.